The molecule has 1 amide bonds. The summed E-state index contributed by atoms with van der Waals surface area (Å²) >= 11 is 0. The van der Waals surface area contributed by atoms with Gasteiger partial charge >= 0.3 is 0 Å². The summed E-state index contributed by atoms with van der Waals surface area (Å²) in [5.41, 5.74) is 10.2. The fourth-order valence-corrected chi connectivity index (χ4v) is 3.43. The molecule has 0 saturated carbocycles. The maximum absolute atomic E-state index is 12.4. The summed E-state index contributed by atoms with van der Waals surface area (Å²) < 4.78 is 0. The molecule has 0 aliphatic heterocycles. The van der Waals surface area contributed by atoms with Gasteiger partial charge in [0.25, 0.3) is 0 Å². The minimum atomic E-state index is 0.0641. The molecule has 120 valence electrons. The van der Waals surface area contributed by atoms with Crippen LogP contribution in [0.5, 0.6) is 0 Å². The molecule has 3 rings (SSSR count). The summed E-state index contributed by atoms with van der Waals surface area (Å²) in [5, 5.41) is 3.21. The third-order valence-electron chi connectivity index (χ3n) is 4.80. The topological polar surface area (TPSA) is 55.1 Å². The number of anilines is 1. The first-order chi connectivity index (χ1) is 11.0. The maximum atomic E-state index is 12.4. The summed E-state index contributed by atoms with van der Waals surface area (Å²) in [5.74, 6) is 0.0641. The van der Waals surface area contributed by atoms with Gasteiger partial charge in [-0.2, -0.15) is 0 Å². The molecular weight excluding hydrogens is 284 g/mol. The van der Waals surface area contributed by atoms with Crippen LogP contribution >= 0.6 is 0 Å². The molecule has 2 aromatic carbocycles. The third kappa shape index (κ3) is 3.39. The van der Waals surface area contributed by atoms with Gasteiger partial charge in [0.15, 0.2) is 0 Å². The van der Waals surface area contributed by atoms with Crippen molar-refractivity contribution in [3.8, 4) is 0 Å². The van der Waals surface area contributed by atoms with E-state index in [2.05, 4.69) is 43.4 Å². The van der Waals surface area contributed by atoms with Crippen LogP contribution in [0.15, 0.2) is 48.5 Å². The van der Waals surface area contributed by atoms with E-state index in [0.29, 0.717) is 6.42 Å². The average Bonchev–Trinajstić information content (AvgIpc) is 2.53. The van der Waals surface area contributed by atoms with E-state index < -0.39 is 0 Å². The highest BCUT2D eigenvalue weighted by molar-refractivity contribution is 5.79. The minimum Gasteiger partial charge on any atom is -0.399 e. The van der Waals surface area contributed by atoms with E-state index in [-0.39, 0.29) is 17.4 Å². The summed E-state index contributed by atoms with van der Waals surface area (Å²) in [6.45, 7) is 4.55. The number of hydrogen-bond donors (Lipinski definition) is 2. The van der Waals surface area contributed by atoms with Crippen molar-refractivity contribution in [2.45, 2.75) is 44.6 Å². The lowest BCUT2D eigenvalue weighted by molar-refractivity contribution is -0.121. The van der Waals surface area contributed by atoms with Crippen LogP contribution in [0, 0.1) is 0 Å². The lowest BCUT2D eigenvalue weighted by Gasteiger charge is -2.37. The molecule has 3 heteroatoms. The van der Waals surface area contributed by atoms with Crippen molar-refractivity contribution in [2.24, 2.45) is 0 Å². The Morgan fingerprint density at radius 3 is 2.61 bits per heavy atom. The van der Waals surface area contributed by atoms with Gasteiger partial charge in [-0.1, -0.05) is 50.2 Å². The van der Waals surface area contributed by atoms with Crippen LogP contribution < -0.4 is 11.1 Å². The van der Waals surface area contributed by atoms with Gasteiger partial charge in [0.2, 0.25) is 5.91 Å². The van der Waals surface area contributed by atoms with Gasteiger partial charge in [0, 0.05) is 5.69 Å². The Labute approximate surface area is 137 Å². The van der Waals surface area contributed by atoms with Crippen LogP contribution in [-0.2, 0) is 16.6 Å². The second-order valence-electron chi connectivity index (χ2n) is 7.05. The summed E-state index contributed by atoms with van der Waals surface area (Å²) in [7, 11) is 0. The van der Waals surface area contributed by atoms with Crippen molar-refractivity contribution in [2.75, 3.05) is 5.73 Å². The molecule has 0 heterocycles. The van der Waals surface area contributed by atoms with Gasteiger partial charge in [-0.25, -0.2) is 0 Å². The van der Waals surface area contributed by atoms with Crippen LogP contribution in [-0.4, -0.2) is 5.91 Å². The first-order valence-corrected chi connectivity index (χ1v) is 8.19. The number of amides is 1. The monoisotopic (exact) mass is 308 g/mol. The van der Waals surface area contributed by atoms with Crippen molar-refractivity contribution >= 4 is 11.6 Å². The quantitative estimate of drug-likeness (QED) is 0.849. The lowest BCUT2D eigenvalue weighted by Crippen LogP contribution is -2.36. The Hall–Kier alpha value is -2.29. The van der Waals surface area contributed by atoms with Gasteiger partial charge in [0.1, 0.15) is 0 Å². The van der Waals surface area contributed by atoms with E-state index in [1.165, 1.54) is 11.1 Å². The van der Waals surface area contributed by atoms with Crippen molar-refractivity contribution in [1.82, 2.24) is 5.32 Å². The molecule has 1 atom stereocenters. The molecule has 2 aromatic rings. The van der Waals surface area contributed by atoms with Gasteiger partial charge < -0.3 is 11.1 Å². The summed E-state index contributed by atoms with van der Waals surface area (Å²) in [4.78, 5) is 12.4. The zero-order valence-electron chi connectivity index (χ0n) is 13.8. The number of fused-ring (bicyclic) bond motifs is 1. The van der Waals surface area contributed by atoms with Crippen LogP contribution in [0.1, 0.15) is 49.4 Å². The van der Waals surface area contributed by atoms with Crippen molar-refractivity contribution in [3.63, 3.8) is 0 Å². The van der Waals surface area contributed by atoms with Gasteiger partial charge in [-0.3, -0.25) is 4.79 Å². The van der Waals surface area contributed by atoms with E-state index in [4.69, 9.17) is 5.73 Å². The molecule has 1 aliphatic rings. The average molecular weight is 308 g/mol. The second kappa shape index (κ2) is 6.07. The van der Waals surface area contributed by atoms with Crippen molar-refractivity contribution in [1.29, 1.82) is 0 Å². The molecule has 0 aromatic heterocycles. The normalized spacial score (nSPS) is 19.0. The van der Waals surface area contributed by atoms with Crippen LogP contribution in [0.25, 0.3) is 0 Å². The Morgan fingerprint density at radius 1 is 1.17 bits per heavy atom. The standard InChI is InChI=1S/C20H24N2O/c1-20(2)12-11-18(16-5-3-4-6-17(16)20)22-19(23)13-14-7-9-15(21)10-8-14/h3-10,18H,11-13,21H2,1-2H3,(H,22,23). The van der Waals surface area contributed by atoms with E-state index in [1.807, 2.05) is 24.3 Å². The highest BCUT2D eigenvalue weighted by atomic mass is 16.1. The fraction of sp³-hybridized carbons (Fsp3) is 0.350. The van der Waals surface area contributed by atoms with Gasteiger partial charge in [-0.05, 0) is 47.1 Å². The summed E-state index contributed by atoms with van der Waals surface area (Å²) in [6.07, 6.45) is 2.46. The zero-order valence-corrected chi connectivity index (χ0v) is 13.8. The molecule has 0 saturated heterocycles. The Morgan fingerprint density at radius 2 is 1.87 bits per heavy atom. The van der Waals surface area contributed by atoms with E-state index in [0.717, 1.165) is 24.1 Å². The molecular formula is C20H24N2O. The number of carbonyl (C=O) groups is 1. The Kier molecular flexibility index (Phi) is 4.12. The third-order valence-corrected chi connectivity index (χ3v) is 4.80. The number of rotatable bonds is 3. The van der Waals surface area contributed by atoms with Crippen molar-refractivity contribution in [3.05, 3.63) is 65.2 Å². The predicted octanol–water partition coefficient (Wildman–Crippen LogP) is 3.74. The summed E-state index contributed by atoms with van der Waals surface area (Å²) in [6, 6.07) is 16.1. The van der Waals surface area contributed by atoms with E-state index in [1.54, 1.807) is 0 Å². The first kappa shape index (κ1) is 15.6. The molecule has 0 radical (unpaired) electrons. The number of hydrogen-bond acceptors (Lipinski definition) is 2. The highest BCUT2D eigenvalue weighted by Gasteiger charge is 2.32. The SMILES string of the molecule is CC1(C)CCC(NC(=O)Cc2ccc(N)cc2)c2ccccc21. The molecule has 1 aliphatic carbocycles. The number of benzene rings is 2. The maximum Gasteiger partial charge on any atom is 0.224 e. The minimum absolute atomic E-state index is 0.0641. The predicted molar refractivity (Wildman–Crippen MR) is 94.1 cm³/mol. The fourth-order valence-electron chi connectivity index (χ4n) is 3.43. The number of nitrogens with two attached hydrogens (primary N) is 1. The van der Waals surface area contributed by atoms with Crippen LogP contribution in [0.4, 0.5) is 5.69 Å². The zero-order chi connectivity index (χ0) is 16.4. The first-order valence-electron chi connectivity index (χ1n) is 8.19. The lowest BCUT2D eigenvalue weighted by atomic mass is 9.71. The van der Waals surface area contributed by atoms with Gasteiger partial charge in [0.05, 0.1) is 12.5 Å². The molecule has 0 fully saturated rings. The highest BCUT2D eigenvalue weighted by Crippen LogP contribution is 2.41. The molecule has 1 unspecified atom stereocenters. The Balaban J connectivity index is 1.73. The Bertz CT molecular complexity index is 704. The van der Waals surface area contributed by atoms with Crippen LogP contribution in [0.3, 0.4) is 0 Å². The van der Waals surface area contributed by atoms with Crippen LogP contribution in [0.2, 0.25) is 0 Å². The second-order valence-corrected chi connectivity index (χ2v) is 7.05. The molecule has 3 N–H and O–H groups in total. The van der Waals surface area contributed by atoms with E-state index >= 15 is 0 Å². The molecule has 0 bridgehead atoms. The number of nitrogen functional groups attached to an aromatic ring is 1. The molecule has 0 spiro atoms. The number of carbonyl (C=O) groups excluding carboxylic acids is 1. The van der Waals surface area contributed by atoms with Crippen molar-refractivity contribution < 1.29 is 4.79 Å². The number of nitrogens with one attached hydrogen (secondary N) is 1. The van der Waals surface area contributed by atoms with Gasteiger partial charge in [-0.15, -0.1) is 0 Å². The molecule has 23 heavy (non-hydrogen) atoms. The smallest absolute Gasteiger partial charge is 0.224 e. The molecule has 3 nitrogen and oxygen atoms in total. The largest absolute Gasteiger partial charge is 0.399 e. The van der Waals surface area contributed by atoms with E-state index in [9.17, 15) is 4.79 Å².